The SMILES string of the molecule is COS(=O)[B]N(C)c1nc(C)nc(C)n1. The molecule has 0 fully saturated rings. The number of rotatable bonds is 4. The lowest BCUT2D eigenvalue weighted by Gasteiger charge is -2.14. The average Bonchev–Trinajstić information content (AvgIpc) is 2.16. The average molecular weight is 227 g/mol. The number of anilines is 1. The molecule has 1 aromatic heterocycles. The number of aryl methyl sites for hydroxylation is 2. The van der Waals surface area contributed by atoms with E-state index in [1.165, 1.54) is 13.8 Å². The first-order valence-corrected chi connectivity index (χ1v) is 5.39. The van der Waals surface area contributed by atoms with Gasteiger partial charge >= 0.3 is 6.69 Å². The molecular weight excluding hydrogens is 215 g/mol. The Labute approximate surface area is 91.9 Å². The molecule has 0 spiro atoms. The van der Waals surface area contributed by atoms with Gasteiger partial charge in [-0.25, -0.2) is 9.19 Å². The maximum absolute atomic E-state index is 11.1. The molecule has 0 aliphatic heterocycles. The molecule has 6 nitrogen and oxygen atoms in total. The van der Waals surface area contributed by atoms with Gasteiger partial charge in [0.15, 0.2) is 0 Å². The largest absolute Gasteiger partial charge is 0.411 e. The lowest BCUT2D eigenvalue weighted by atomic mass is 10.3. The first-order valence-electron chi connectivity index (χ1n) is 4.25. The Kier molecular flexibility index (Phi) is 4.16. The molecule has 0 saturated heterocycles. The minimum atomic E-state index is -1.47. The van der Waals surface area contributed by atoms with E-state index in [2.05, 4.69) is 19.1 Å². The molecule has 0 amide bonds. The highest BCUT2D eigenvalue weighted by Gasteiger charge is 2.13. The summed E-state index contributed by atoms with van der Waals surface area (Å²) < 4.78 is 15.7. The molecule has 1 radical (unpaired) electrons. The molecule has 0 aliphatic carbocycles. The number of hydrogen-bond donors (Lipinski definition) is 0. The first kappa shape index (κ1) is 12.1. The quantitative estimate of drug-likeness (QED) is 0.662. The summed E-state index contributed by atoms with van der Waals surface area (Å²) in [4.78, 5) is 13.8. The lowest BCUT2D eigenvalue weighted by Crippen LogP contribution is -2.29. The van der Waals surface area contributed by atoms with Crippen LogP contribution in [-0.2, 0) is 15.1 Å². The maximum Gasteiger partial charge on any atom is 0.411 e. The van der Waals surface area contributed by atoms with Crippen molar-refractivity contribution in [3.05, 3.63) is 11.6 Å². The van der Waals surface area contributed by atoms with Crippen molar-refractivity contribution in [3.63, 3.8) is 0 Å². The van der Waals surface area contributed by atoms with Crippen LogP contribution in [0.25, 0.3) is 0 Å². The Morgan fingerprint density at radius 2 is 1.80 bits per heavy atom. The Hall–Kier alpha value is -1.02. The second-order valence-electron chi connectivity index (χ2n) is 2.87. The molecule has 0 aromatic carbocycles. The van der Waals surface area contributed by atoms with Crippen LogP contribution in [0.1, 0.15) is 11.6 Å². The Morgan fingerprint density at radius 1 is 1.27 bits per heavy atom. The predicted octanol–water partition coefficient (Wildman–Crippen LogP) is -0.231. The van der Waals surface area contributed by atoms with Crippen molar-refractivity contribution >= 4 is 23.6 Å². The summed E-state index contributed by atoms with van der Waals surface area (Å²) in [6.07, 6.45) is 0. The highest BCUT2D eigenvalue weighted by Crippen LogP contribution is 2.04. The Bertz CT molecular complexity index is 356. The van der Waals surface area contributed by atoms with Crippen LogP contribution in [0.2, 0.25) is 0 Å². The van der Waals surface area contributed by atoms with Crippen LogP contribution in [0, 0.1) is 13.8 Å². The third kappa shape index (κ3) is 3.56. The second-order valence-corrected chi connectivity index (χ2v) is 3.94. The summed E-state index contributed by atoms with van der Waals surface area (Å²) in [6.45, 7) is 4.94. The number of hydrogen-bond acceptors (Lipinski definition) is 6. The minimum Gasteiger partial charge on any atom is -0.376 e. The van der Waals surface area contributed by atoms with E-state index in [-0.39, 0.29) is 0 Å². The lowest BCUT2D eigenvalue weighted by molar-refractivity contribution is 0.456. The normalized spacial score (nSPS) is 12.3. The minimum absolute atomic E-state index is 0.449. The molecule has 1 heterocycles. The van der Waals surface area contributed by atoms with Crippen molar-refractivity contribution in [1.29, 1.82) is 0 Å². The smallest absolute Gasteiger partial charge is 0.376 e. The van der Waals surface area contributed by atoms with Crippen LogP contribution < -0.4 is 4.81 Å². The molecule has 0 bridgehead atoms. The van der Waals surface area contributed by atoms with Crippen LogP contribution in [0.5, 0.6) is 0 Å². The van der Waals surface area contributed by atoms with Crippen molar-refractivity contribution in [3.8, 4) is 0 Å². The fourth-order valence-electron chi connectivity index (χ4n) is 0.976. The van der Waals surface area contributed by atoms with Gasteiger partial charge < -0.3 is 8.99 Å². The van der Waals surface area contributed by atoms with Crippen molar-refractivity contribution in [2.24, 2.45) is 0 Å². The van der Waals surface area contributed by atoms with Gasteiger partial charge in [0.2, 0.25) is 5.95 Å². The standard InChI is InChI=1S/C7H12BN4O2S/c1-5-9-6(2)11-7(10-5)12(3)8-15(13)14-4/h1-4H3. The van der Waals surface area contributed by atoms with Crippen molar-refractivity contribution < 1.29 is 8.39 Å². The van der Waals surface area contributed by atoms with Gasteiger partial charge in [-0.3, -0.25) is 0 Å². The van der Waals surface area contributed by atoms with Crippen LogP contribution in [-0.4, -0.2) is 40.0 Å². The van der Waals surface area contributed by atoms with E-state index in [1.807, 2.05) is 0 Å². The molecular formula is C7H12BN4O2S. The fourth-order valence-corrected chi connectivity index (χ4v) is 1.41. The summed E-state index contributed by atoms with van der Waals surface area (Å²) in [7, 11) is 1.59. The third-order valence-corrected chi connectivity index (χ3v) is 2.39. The second kappa shape index (κ2) is 5.17. The van der Waals surface area contributed by atoms with Crippen molar-refractivity contribution in [1.82, 2.24) is 15.0 Å². The van der Waals surface area contributed by atoms with Gasteiger partial charge in [-0.15, -0.1) is 0 Å². The van der Waals surface area contributed by atoms with E-state index < -0.39 is 10.9 Å². The van der Waals surface area contributed by atoms with Crippen LogP contribution in [0.4, 0.5) is 5.95 Å². The molecule has 0 N–H and O–H groups in total. The van der Waals surface area contributed by atoms with Crippen LogP contribution >= 0.6 is 0 Å². The molecule has 1 unspecified atom stereocenters. The van der Waals surface area contributed by atoms with Gasteiger partial charge in [0.25, 0.3) is 0 Å². The summed E-state index contributed by atoms with van der Waals surface area (Å²) in [5.74, 6) is 1.70. The van der Waals surface area contributed by atoms with Crippen LogP contribution in [0.3, 0.4) is 0 Å². The molecule has 1 atom stereocenters. The zero-order valence-electron chi connectivity index (χ0n) is 9.09. The van der Waals surface area contributed by atoms with Crippen molar-refractivity contribution in [2.45, 2.75) is 13.8 Å². The molecule has 81 valence electrons. The monoisotopic (exact) mass is 227 g/mol. The van der Waals surface area contributed by atoms with E-state index in [4.69, 9.17) is 0 Å². The van der Waals surface area contributed by atoms with Gasteiger partial charge in [0.05, 0.1) is 7.11 Å². The number of nitrogens with zero attached hydrogens (tertiary/aromatic N) is 4. The van der Waals surface area contributed by atoms with E-state index in [0.717, 1.165) is 0 Å². The summed E-state index contributed by atoms with van der Waals surface area (Å²) in [5.41, 5.74) is 0. The van der Waals surface area contributed by atoms with E-state index in [9.17, 15) is 4.21 Å². The molecule has 8 heteroatoms. The Morgan fingerprint density at radius 3 is 2.27 bits per heavy atom. The van der Waals surface area contributed by atoms with Gasteiger partial charge in [-0.2, -0.15) is 9.97 Å². The third-order valence-electron chi connectivity index (χ3n) is 1.57. The first-order chi connectivity index (χ1) is 7.02. The van der Waals surface area contributed by atoms with Gasteiger partial charge in [0, 0.05) is 0 Å². The maximum atomic E-state index is 11.1. The number of aromatic nitrogens is 3. The summed E-state index contributed by atoms with van der Waals surface area (Å²) in [5, 5.41) is 0. The molecule has 1 aromatic rings. The van der Waals surface area contributed by atoms with E-state index >= 15 is 0 Å². The molecule has 1 rings (SSSR count). The van der Waals surface area contributed by atoms with Gasteiger partial charge in [-0.1, -0.05) is 0 Å². The Balaban J connectivity index is 2.81. The highest BCUT2D eigenvalue weighted by molar-refractivity contribution is 8.06. The van der Waals surface area contributed by atoms with Crippen molar-refractivity contribution in [2.75, 3.05) is 19.0 Å². The highest BCUT2D eigenvalue weighted by atomic mass is 32.2. The summed E-state index contributed by atoms with van der Waals surface area (Å²) >= 11 is 0. The topological polar surface area (TPSA) is 68.2 Å². The summed E-state index contributed by atoms with van der Waals surface area (Å²) in [6, 6.07) is 0. The van der Waals surface area contributed by atoms with Gasteiger partial charge in [0.1, 0.15) is 22.6 Å². The molecule has 0 saturated carbocycles. The zero-order valence-corrected chi connectivity index (χ0v) is 9.91. The fraction of sp³-hybridized carbons (Fsp3) is 0.571. The zero-order chi connectivity index (χ0) is 11.4. The van der Waals surface area contributed by atoms with E-state index in [1.54, 1.807) is 25.7 Å². The molecule has 15 heavy (non-hydrogen) atoms. The van der Waals surface area contributed by atoms with Crippen LogP contribution in [0.15, 0.2) is 0 Å². The van der Waals surface area contributed by atoms with Gasteiger partial charge in [-0.05, 0) is 20.9 Å². The van der Waals surface area contributed by atoms with E-state index in [0.29, 0.717) is 17.6 Å². The molecule has 0 aliphatic rings. The predicted molar refractivity (Wildman–Crippen MR) is 58.6 cm³/mol.